The van der Waals surface area contributed by atoms with Crippen LogP contribution in [0, 0.1) is 22.7 Å². The lowest BCUT2D eigenvalue weighted by Crippen LogP contribution is -2.54. The van der Waals surface area contributed by atoms with Crippen molar-refractivity contribution in [2.24, 2.45) is 22.7 Å². The Kier molecular flexibility index (Phi) is 3.03. The van der Waals surface area contributed by atoms with Crippen molar-refractivity contribution in [3.63, 3.8) is 0 Å². The minimum absolute atomic E-state index is 0.415. The molecule has 112 valence electrons. The van der Waals surface area contributed by atoms with E-state index in [0.29, 0.717) is 15.2 Å². The summed E-state index contributed by atoms with van der Waals surface area (Å²) in [7, 11) is 0. The molecule has 0 aromatic heterocycles. The molecule has 4 aliphatic rings. The van der Waals surface area contributed by atoms with Crippen LogP contribution in [0.1, 0.15) is 78.1 Å². The Morgan fingerprint density at radius 1 is 0.950 bits per heavy atom. The smallest absolute Gasteiger partial charge is 0.0351 e. The van der Waals surface area contributed by atoms with Gasteiger partial charge in [-0.15, -0.1) is 0 Å². The van der Waals surface area contributed by atoms with Gasteiger partial charge in [-0.3, -0.25) is 0 Å². The first-order valence-corrected chi connectivity index (χ1v) is 9.67. The topological polar surface area (TPSA) is 0 Å². The lowest BCUT2D eigenvalue weighted by Gasteiger charge is -2.60. The Balaban J connectivity index is 1.75. The highest BCUT2D eigenvalue weighted by Gasteiger charge is 2.58. The van der Waals surface area contributed by atoms with E-state index in [4.69, 9.17) is 0 Å². The van der Waals surface area contributed by atoms with Gasteiger partial charge in [0.1, 0.15) is 0 Å². The van der Waals surface area contributed by atoms with E-state index >= 15 is 0 Å². The van der Waals surface area contributed by atoms with Crippen LogP contribution in [0.5, 0.6) is 0 Å². The highest BCUT2D eigenvalue weighted by atomic mass is 79.9. The Labute approximate surface area is 132 Å². The third-order valence-electron chi connectivity index (χ3n) is 7.86. The van der Waals surface area contributed by atoms with E-state index in [9.17, 15) is 0 Å². The summed E-state index contributed by atoms with van der Waals surface area (Å²) in [6.07, 6.45) is 17.1. The molecule has 4 aliphatic carbocycles. The van der Waals surface area contributed by atoms with Gasteiger partial charge in [0.25, 0.3) is 0 Å². The summed E-state index contributed by atoms with van der Waals surface area (Å²) in [6.45, 7) is 5.21. The molecule has 0 saturated heterocycles. The minimum Gasteiger partial charge on any atom is -0.0844 e. The van der Waals surface area contributed by atoms with E-state index in [2.05, 4.69) is 35.9 Å². The van der Waals surface area contributed by atoms with Crippen LogP contribution in [0.2, 0.25) is 0 Å². The van der Waals surface area contributed by atoms with E-state index < -0.39 is 0 Å². The number of hydrogen-bond acceptors (Lipinski definition) is 0. The molecule has 0 aliphatic heterocycles. The zero-order chi connectivity index (χ0) is 14.0. The van der Waals surface area contributed by atoms with E-state index in [0.717, 1.165) is 11.8 Å². The number of rotatable bonds is 0. The molecular weight excluding hydrogens is 308 g/mol. The van der Waals surface area contributed by atoms with Crippen LogP contribution >= 0.6 is 15.9 Å². The molecule has 3 saturated carbocycles. The maximum atomic E-state index is 4.23. The van der Waals surface area contributed by atoms with Gasteiger partial charge in [0, 0.05) is 4.32 Å². The van der Waals surface area contributed by atoms with Crippen molar-refractivity contribution in [1.29, 1.82) is 0 Å². The summed E-state index contributed by atoms with van der Waals surface area (Å²) in [5.41, 5.74) is 3.08. The minimum atomic E-state index is 0.415. The van der Waals surface area contributed by atoms with Crippen LogP contribution in [-0.4, -0.2) is 4.32 Å². The normalized spacial score (nSPS) is 54.6. The second-order valence-corrected chi connectivity index (χ2v) is 10.2. The van der Waals surface area contributed by atoms with E-state index in [1.54, 1.807) is 0 Å². The van der Waals surface area contributed by atoms with Gasteiger partial charge in [-0.05, 0) is 67.6 Å². The Morgan fingerprint density at radius 3 is 2.60 bits per heavy atom. The number of halogens is 1. The predicted molar refractivity (Wildman–Crippen MR) is 89.1 cm³/mol. The lowest BCUT2D eigenvalue weighted by atomic mass is 9.49. The summed E-state index contributed by atoms with van der Waals surface area (Å²) in [6, 6.07) is 0. The SMILES string of the molecule is C[C@@]12CCC[C@H]1C1=CCC3(Br)CCCC[C@]3(C)[C@@H]1CC2. The van der Waals surface area contributed by atoms with Crippen LogP contribution in [-0.2, 0) is 0 Å². The molecule has 0 nitrogen and oxygen atoms in total. The summed E-state index contributed by atoms with van der Waals surface area (Å²) >= 11 is 4.23. The van der Waals surface area contributed by atoms with Gasteiger partial charge in [-0.25, -0.2) is 0 Å². The quantitative estimate of drug-likeness (QED) is 0.362. The average Bonchev–Trinajstić information content (AvgIpc) is 2.81. The highest BCUT2D eigenvalue weighted by molar-refractivity contribution is 9.10. The molecule has 4 rings (SSSR count). The molecule has 0 heterocycles. The van der Waals surface area contributed by atoms with Gasteiger partial charge >= 0.3 is 0 Å². The second-order valence-electron chi connectivity index (χ2n) is 8.69. The van der Waals surface area contributed by atoms with Gasteiger partial charge in [-0.2, -0.15) is 0 Å². The van der Waals surface area contributed by atoms with Crippen LogP contribution < -0.4 is 0 Å². The molecule has 1 heteroatoms. The van der Waals surface area contributed by atoms with E-state index in [1.807, 2.05) is 5.57 Å². The fourth-order valence-corrected chi connectivity index (χ4v) is 7.38. The fourth-order valence-electron chi connectivity index (χ4n) is 6.46. The second kappa shape index (κ2) is 4.37. The number of alkyl halides is 1. The highest BCUT2D eigenvalue weighted by Crippen LogP contribution is 2.67. The Bertz CT molecular complexity index is 453. The number of hydrogen-bond donors (Lipinski definition) is 0. The molecule has 20 heavy (non-hydrogen) atoms. The van der Waals surface area contributed by atoms with Crippen molar-refractivity contribution in [2.75, 3.05) is 0 Å². The summed E-state index contributed by atoms with van der Waals surface area (Å²) in [5.74, 6) is 1.81. The van der Waals surface area contributed by atoms with Crippen molar-refractivity contribution in [1.82, 2.24) is 0 Å². The summed E-state index contributed by atoms with van der Waals surface area (Å²) < 4.78 is 0.415. The zero-order valence-corrected chi connectivity index (χ0v) is 14.8. The molecule has 0 bridgehead atoms. The van der Waals surface area contributed by atoms with Crippen molar-refractivity contribution < 1.29 is 0 Å². The first-order chi connectivity index (χ1) is 9.49. The zero-order valence-electron chi connectivity index (χ0n) is 13.2. The Hall–Kier alpha value is 0.220. The van der Waals surface area contributed by atoms with Crippen molar-refractivity contribution in [3.8, 4) is 0 Å². The molecule has 0 N–H and O–H groups in total. The van der Waals surface area contributed by atoms with Crippen LogP contribution in [0.4, 0.5) is 0 Å². The molecule has 3 fully saturated rings. The third-order valence-corrected chi connectivity index (χ3v) is 9.49. The Morgan fingerprint density at radius 2 is 1.75 bits per heavy atom. The van der Waals surface area contributed by atoms with Gasteiger partial charge in [0.2, 0.25) is 0 Å². The van der Waals surface area contributed by atoms with Crippen LogP contribution in [0.15, 0.2) is 11.6 Å². The average molecular weight is 337 g/mol. The lowest BCUT2D eigenvalue weighted by molar-refractivity contribution is 0.0301. The first-order valence-electron chi connectivity index (χ1n) is 8.87. The first kappa shape index (κ1) is 13.9. The molecule has 0 aromatic carbocycles. The van der Waals surface area contributed by atoms with Gasteiger partial charge in [-0.1, -0.05) is 60.7 Å². The van der Waals surface area contributed by atoms with E-state index in [-0.39, 0.29) is 0 Å². The molecular formula is C19H29Br. The number of allylic oxidation sites excluding steroid dienone is 2. The molecule has 0 aromatic rings. The van der Waals surface area contributed by atoms with Gasteiger partial charge < -0.3 is 0 Å². The third kappa shape index (κ3) is 1.65. The van der Waals surface area contributed by atoms with E-state index in [1.165, 1.54) is 64.2 Å². The molecule has 0 spiro atoms. The monoisotopic (exact) mass is 336 g/mol. The van der Waals surface area contributed by atoms with Crippen molar-refractivity contribution in [3.05, 3.63) is 11.6 Å². The molecule has 0 radical (unpaired) electrons. The molecule has 0 amide bonds. The summed E-state index contributed by atoms with van der Waals surface area (Å²) in [4.78, 5) is 0. The number of fused-ring (bicyclic) bond motifs is 5. The van der Waals surface area contributed by atoms with Crippen molar-refractivity contribution in [2.45, 2.75) is 82.4 Å². The molecule has 1 unspecified atom stereocenters. The van der Waals surface area contributed by atoms with Crippen LogP contribution in [0.25, 0.3) is 0 Å². The predicted octanol–water partition coefficient (Wildman–Crippen LogP) is 6.25. The van der Waals surface area contributed by atoms with Gasteiger partial charge in [0.05, 0.1) is 0 Å². The van der Waals surface area contributed by atoms with Crippen LogP contribution in [0.3, 0.4) is 0 Å². The maximum absolute atomic E-state index is 4.23. The maximum Gasteiger partial charge on any atom is 0.0351 e. The largest absolute Gasteiger partial charge is 0.0844 e. The molecule has 5 atom stereocenters. The summed E-state index contributed by atoms with van der Waals surface area (Å²) in [5, 5.41) is 0. The van der Waals surface area contributed by atoms with Gasteiger partial charge in [0.15, 0.2) is 0 Å². The standard InChI is InChI=1S/C19H29Br/c1-17-9-5-6-15(17)14-7-13-19(20)11-4-3-10-18(19,2)16(14)8-12-17/h7,15-16H,3-6,8-13H2,1-2H3/t15-,16+,17-,18+,19?/m0/s1. The fraction of sp³-hybridized carbons (Fsp3) is 0.895. The van der Waals surface area contributed by atoms with Crippen molar-refractivity contribution >= 4 is 15.9 Å².